The third-order valence-corrected chi connectivity index (χ3v) is 5.47. The zero-order valence-corrected chi connectivity index (χ0v) is 14.2. The van der Waals surface area contributed by atoms with Gasteiger partial charge in [0.1, 0.15) is 6.29 Å². The predicted octanol–water partition coefficient (Wildman–Crippen LogP) is 3.03. The Bertz CT molecular complexity index is 520. The smallest absolute Gasteiger partial charge is 0.141 e. The second-order valence-electron chi connectivity index (χ2n) is 6.24. The molecular weight excluding hydrogens is 328 g/mol. The summed E-state index contributed by atoms with van der Waals surface area (Å²) >= 11 is 3.52. The first-order chi connectivity index (χ1) is 10.2. The minimum absolute atomic E-state index is 0.0697. The number of likely N-dealkylation sites (tertiary alicyclic amines) is 1. The Morgan fingerprint density at radius 1 is 1.29 bits per heavy atom. The molecule has 0 saturated carbocycles. The number of hydrogen-bond acceptors (Lipinski definition) is 3. The van der Waals surface area contributed by atoms with E-state index in [2.05, 4.69) is 44.8 Å². The standard InChI is InChI=1S/C17H23BrN2O/c1-13-3-2-7-19(13)9-10-20-8-6-14-11-15(18)4-5-16(14)17(20)12-21/h4-5,11-13,17H,2-3,6-10H2,1H3/t13?,17-/m0/s1. The Morgan fingerprint density at radius 2 is 2.10 bits per heavy atom. The lowest BCUT2D eigenvalue weighted by Crippen LogP contribution is -2.42. The first-order valence-electron chi connectivity index (χ1n) is 7.91. The molecule has 114 valence electrons. The second kappa shape index (κ2) is 6.59. The van der Waals surface area contributed by atoms with Crippen molar-refractivity contribution in [1.29, 1.82) is 0 Å². The number of benzene rings is 1. The van der Waals surface area contributed by atoms with Crippen molar-refractivity contribution in [3.63, 3.8) is 0 Å². The van der Waals surface area contributed by atoms with Crippen LogP contribution in [0.1, 0.15) is 36.9 Å². The summed E-state index contributed by atoms with van der Waals surface area (Å²) in [5.41, 5.74) is 2.50. The summed E-state index contributed by atoms with van der Waals surface area (Å²) in [5, 5.41) is 0. The molecule has 0 amide bonds. The number of fused-ring (bicyclic) bond motifs is 1. The summed E-state index contributed by atoms with van der Waals surface area (Å²) in [5.74, 6) is 0. The molecule has 4 heteroatoms. The summed E-state index contributed by atoms with van der Waals surface area (Å²) in [6.45, 7) is 6.58. The van der Waals surface area contributed by atoms with Gasteiger partial charge in [-0.15, -0.1) is 0 Å². The highest BCUT2D eigenvalue weighted by Gasteiger charge is 2.28. The van der Waals surface area contributed by atoms with E-state index in [9.17, 15) is 4.79 Å². The molecule has 0 aliphatic carbocycles. The summed E-state index contributed by atoms with van der Waals surface area (Å²) < 4.78 is 1.10. The van der Waals surface area contributed by atoms with Gasteiger partial charge in [-0.3, -0.25) is 9.80 Å². The molecule has 0 aromatic heterocycles. The fourth-order valence-corrected chi connectivity index (χ4v) is 4.08. The Morgan fingerprint density at radius 3 is 2.81 bits per heavy atom. The van der Waals surface area contributed by atoms with E-state index in [-0.39, 0.29) is 6.04 Å². The van der Waals surface area contributed by atoms with Crippen LogP contribution in [0.25, 0.3) is 0 Å². The van der Waals surface area contributed by atoms with Crippen LogP contribution in [0.2, 0.25) is 0 Å². The van der Waals surface area contributed by atoms with Crippen LogP contribution in [0, 0.1) is 0 Å². The summed E-state index contributed by atoms with van der Waals surface area (Å²) in [6.07, 6.45) is 4.77. The Labute approximate surface area is 135 Å². The number of aldehydes is 1. The molecule has 2 aliphatic rings. The van der Waals surface area contributed by atoms with Crippen molar-refractivity contribution in [3.8, 4) is 0 Å². The van der Waals surface area contributed by atoms with Crippen LogP contribution in [0.4, 0.5) is 0 Å². The molecule has 2 aliphatic heterocycles. The monoisotopic (exact) mass is 350 g/mol. The van der Waals surface area contributed by atoms with Gasteiger partial charge >= 0.3 is 0 Å². The molecule has 0 radical (unpaired) electrons. The van der Waals surface area contributed by atoms with Crippen molar-refractivity contribution in [2.45, 2.75) is 38.3 Å². The molecule has 1 fully saturated rings. The van der Waals surface area contributed by atoms with Gasteiger partial charge in [-0.05, 0) is 56.0 Å². The Kier molecular flexibility index (Phi) is 4.77. The SMILES string of the molecule is CC1CCCN1CCN1CCc2cc(Br)ccc2[C@@H]1C=O. The zero-order chi connectivity index (χ0) is 14.8. The Balaban J connectivity index is 1.69. The van der Waals surface area contributed by atoms with Gasteiger partial charge < -0.3 is 4.79 Å². The van der Waals surface area contributed by atoms with Crippen molar-refractivity contribution < 1.29 is 4.79 Å². The quantitative estimate of drug-likeness (QED) is 0.779. The molecule has 2 atom stereocenters. The molecule has 1 aromatic carbocycles. The van der Waals surface area contributed by atoms with Gasteiger partial charge in [0.25, 0.3) is 0 Å². The number of rotatable bonds is 4. The van der Waals surface area contributed by atoms with Crippen LogP contribution in [-0.2, 0) is 11.2 Å². The van der Waals surface area contributed by atoms with E-state index in [1.54, 1.807) is 0 Å². The van der Waals surface area contributed by atoms with Gasteiger partial charge in [-0.1, -0.05) is 22.0 Å². The summed E-state index contributed by atoms with van der Waals surface area (Å²) in [6, 6.07) is 6.93. The van der Waals surface area contributed by atoms with Gasteiger partial charge in [-0.25, -0.2) is 0 Å². The third-order valence-electron chi connectivity index (χ3n) is 4.98. The highest BCUT2D eigenvalue weighted by Crippen LogP contribution is 2.30. The fraction of sp³-hybridized carbons (Fsp3) is 0.588. The van der Waals surface area contributed by atoms with E-state index in [1.165, 1.54) is 30.5 Å². The maximum atomic E-state index is 11.6. The van der Waals surface area contributed by atoms with E-state index in [0.29, 0.717) is 6.04 Å². The molecule has 1 aromatic rings. The van der Waals surface area contributed by atoms with Crippen LogP contribution in [0.5, 0.6) is 0 Å². The van der Waals surface area contributed by atoms with Crippen molar-refractivity contribution in [2.24, 2.45) is 0 Å². The van der Waals surface area contributed by atoms with E-state index in [1.807, 2.05) is 6.07 Å². The molecule has 3 rings (SSSR count). The normalized spacial score (nSPS) is 26.8. The average molecular weight is 351 g/mol. The largest absolute Gasteiger partial charge is 0.301 e. The number of carbonyl (C=O) groups excluding carboxylic acids is 1. The minimum atomic E-state index is -0.0697. The number of carbonyl (C=O) groups is 1. The van der Waals surface area contributed by atoms with Gasteiger partial charge in [0, 0.05) is 30.1 Å². The molecule has 0 spiro atoms. The molecule has 3 nitrogen and oxygen atoms in total. The first-order valence-corrected chi connectivity index (χ1v) is 8.70. The molecule has 1 saturated heterocycles. The number of hydrogen-bond donors (Lipinski definition) is 0. The van der Waals surface area contributed by atoms with E-state index in [0.717, 1.165) is 36.8 Å². The first kappa shape index (κ1) is 15.2. The second-order valence-corrected chi connectivity index (χ2v) is 7.15. The maximum absolute atomic E-state index is 11.6. The minimum Gasteiger partial charge on any atom is -0.301 e. The maximum Gasteiger partial charge on any atom is 0.141 e. The van der Waals surface area contributed by atoms with Crippen molar-refractivity contribution >= 4 is 22.2 Å². The lowest BCUT2D eigenvalue weighted by atomic mass is 9.93. The topological polar surface area (TPSA) is 23.6 Å². The third kappa shape index (κ3) is 3.22. The predicted molar refractivity (Wildman–Crippen MR) is 88.5 cm³/mol. The van der Waals surface area contributed by atoms with Gasteiger partial charge in [0.2, 0.25) is 0 Å². The van der Waals surface area contributed by atoms with E-state index in [4.69, 9.17) is 0 Å². The Hall–Kier alpha value is -0.710. The molecule has 0 bridgehead atoms. The highest BCUT2D eigenvalue weighted by atomic mass is 79.9. The zero-order valence-electron chi connectivity index (χ0n) is 12.6. The van der Waals surface area contributed by atoms with Crippen LogP contribution in [-0.4, -0.2) is 48.3 Å². The van der Waals surface area contributed by atoms with Crippen molar-refractivity contribution in [1.82, 2.24) is 9.80 Å². The molecule has 1 unspecified atom stereocenters. The van der Waals surface area contributed by atoms with Crippen LogP contribution in [0.15, 0.2) is 22.7 Å². The highest BCUT2D eigenvalue weighted by molar-refractivity contribution is 9.10. The van der Waals surface area contributed by atoms with E-state index < -0.39 is 0 Å². The average Bonchev–Trinajstić information content (AvgIpc) is 2.89. The summed E-state index contributed by atoms with van der Waals surface area (Å²) in [7, 11) is 0. The van der Waals surface area contributed by atoms with Crippen LogP contribution < -0.4 is 0 Å². The van der Waals surface area contributed by atoms with Crippen LogP contribution in [0.3, 0.4) is 0 Å². The lowest BCUT2D eigenvalue weighted by molar-refractivity contribution is -0.113. The number of nitrogens with zero attached hydrogens (tertiary/aromatic N) is 2. The van der Waals surface area contributed by atoms with Crippen LogP contribution >= 0.6 is 15.9 Å². The van der Waals surface area contributed by atoms with Crippen molar-refractivity contribution in [3.05, 3.63) is 33.8 Å². The van der Waals surface area contributed by atoms with Gasteiger partial charge in [-0.2, -0.15) is 0 Å². The summed E-state index contributed by atoms with van der Waals surface area (Å²) in [4.78, 5) is 16.5. The molecule has 21 heavy (non-hydrogen) atoms. The van der Waals surface area contributed by atoms with Crippen molar-refractivity contribution in [2.75, 3.05) is 26.2 Å². The molecular formula is C17H23BrN2O. The lowest BCUT2D eigenvalue weighted by Gasteiger charge is -2.35. The number of halogens is 1. The molecule has 0 N–H and O–H groups in total. The van der Waals surface area contributed by atoms with Gasteiger partial charge in [0.05, 0.1) is 6.04 Å². The fourth-order valence-electron chi connectivity index (χ4n) is 3.67. The van der Waals surface area contributed by atoms with Gasteiger partial charge in [0.15, 0.2) is 0 Å². The molecule has 2 heterocycles. The van der Waals surface area contributed by atoms with E-state index >= 15 is 0 Å².